The lowest BCUT2D eigenvalue weighted by molar-refractivity contribution is -0.133. The Kier molecular flexibility index (Phi) is 8.03. The highest BCUT2D eigenvalue weighted by Crippen LogP contribution is 2.26. The fourth-order valence-electron chi connectivity index (χ4n) is 2.97. The number of methoxy groups -OCH3 is 2. The Morgan fingerprint density at radius 1 is 0.906 bits per heavy atom. The van der Waals surface area contributed by atoms with E-state index in [9.17, 15) is 9.18 Å². The Morgan fingerprint density at radius 2 is 1.62 bits per heavy atom. The number of hydrogen-bond donors (Lipinski definition) is 0. The number of halogens is 1. The summed E-state index contributed by atoms with van der Waals surface area (Å²) in [6.07, 6.45) is 2.64. The summed E-state index contributed by atoms with van der Waals surface area (Å²) in [5.41, 5.74) is 2.35. The van der Waals surface area contributed by atoms with Crippen LogP contribution in [0.2, 0.25) is 0 Å². The van der Waals surface area contributed by atoms with Gasteiger partial charge in [-0.2, -0.15) is 4.39 Å². The molecule has 0 aliphatic carbocycles. The van der Waals surface area contributed by atoms with Crippen molar-refractivity contribution < 1.29 is 28.1 Å². The van der Waals surface area contributed by atoms with Gasteiger partial charge in [0.25, 0.3) is 6.01 Å². The van der Waals surface area contributed by atoms with Gasteiger partial charge in [-0.25, -0.2) is 4.79 Å². The van der Waals surface area contributed by atoms with Crippen LogP contribution in [-0.4, -0.2) is 20.2 Å². The van der Waals surface area contributed by atoms with Crippen molar-refractivity contribution in [1.82, 2.24) is 0 Å². The van der Waals surface area contributed by atoms with E-state index in [0.29, 0.717) is 22.6 Å². The first-order valence-electron chi connectivity index (χ1n) is 9.83. The lowest BCUT2D eigenvalue weighted by atomic mass is 10.0. The first kappa shape index (κ1) is 22.6. The lowest BCUT2D eigenvalue weighted by Gasteiger charge is -2.13. The molecule has 0 aromatic heterocycles. The van der Waals surface area contributed by atoms with Gasteiger partial charge in [-0.05, 0) is 28.8 Å². The monoisotopic (exact) mass is 434 g/mol. The second kappa shape index (κ2) is 11.4. The summed E-state index contributed by atoms with van der Waals surface area (Å²) < 4.78 is 35.2. The van der Waals surface area contributed by atoms with Crippen LogP contribution in [0.25, 0.3) is 11.6 Å². The van der Waals surface area contributed by atoms with E-state index in [4.69, 9.17) is 18.9 Å². The fraction of sp³-hybridized carbons (Fsp3) is 0.115. The van der Waals surface area contributed by atoms with E-state index in [1.165, 1.54) is 26.6 Å². The molecule has 0 atom stereocenters. The average Bonchev–Trinajstić information content (AvgIpc) is 2.82. The summed E-state index contributed by atoms with van der Waals surface area (Å²) in [5.74, 6) is 0.269. The van der Waals surface area contributed by atoms with Gasteiger partial charge < -0.3 is 18.9 Å². The number of esters is 1. The Hall–Kier alpha value is -4.06. The molecule has 3 aromatic carbocycles. The van der Waals surface area contributed by atoms with Crippen molar-refractivity contribution in [3.05, 3.63) is 108 Å². The molecule has 0 unspecified atom stereocenters. The zero-order valence-electron chi connectivity index (χ0n) is 17.8. The Morgan fingerprint density at radius 3 is 2.38 bits per heavy atom. The highest BCUT2D eigenvalue weighted by Gasteiger charge is 2.17. The lowest BCUT2D eigenvalue weighted by Crippen LogP contribution is -2.08. The minimum absolute atomic E-state index is 0.167. The second-order valence-electron chi connectivity index (χ2n) is 6.64. The standard InChI is InChI=1S/C26H23FO5/c1-29-18-24(26(28)30-2)23-14-7-6-11-20(23)17-31-21-12-8-13-22(16-21)32-25(27)15-19-9-4-3-5-10-19/h3-16,18H,17H2,1-2H3/b24-18+,25-15-. The molecular weight excluding hydrogens is 411 g/mol. The third-order valence-electron chi connectivity index (χ3n) is 4.44. The Balaban J connectivity index is 1.73. The number of rotatable bonds is 9. The van der Waals surface area contributed by atoms with Crippen LogP contribution in [0.5, 0.6) is 11.5 Å². The molecule has 0 N–H and O–H groups in total. The SMILES string of the molecule is CO/C=C(/C(=O)OC)c1ccccc1COc1cccc(O/C(F)=C\c2ccccc2)c1. The maximum Gasteiger partial charge on any atom is 0.341 e. The van der Waals surface area contributed by atoms with Crippen molar-refractivity contribution in [2.75, 3.05) is 14.2 Å². The molecule has 0 aliphatic heterocycles. The number of carbonyl (C=O) groups excluding carboxylic acids is 1. The summed E-state index contributed by atoms with van der Waals surface area (Å²) in [7, 11) is 2.76. The van der Waals surface area contributed by atoms with Gasteiger partial charge >= 0.3 is 5.97 Å². The van der Waals surface area contributed by atoms with Crippen LogP contribution in [0.15, 0.2) is 91.1 Å². The summed E-state index contributed by atoms with van der Waals surface area (Å²) in [4.78, 5) is 12.1. The van der Waals surface area contributed by atoms with Crippen LogP contribution < -0.4 is 9.47 Å². The summed E-state index contributed by atoms with van der Waals surface area (Å²) in [6.45, 7) is 0.167. The third-order valence-corrected chi connectivity index (χ3v) is 4.44. The van der Waals surface area contributed by atoms with E-state index < -0.39 is 12.0 Å². The molecular formula is C26H23FO5. The van der Waals surface area contributed by atoms with Crippen LogP contribution >= 0.6 is 0 Å². The molecule has 3 aromatic rings. The molecule has 32 heavy (non-hydrogen) atoms. The largest absolute Gasteiger partial charge is 0.503 e. The molecule has 0 amide bonds. The maximum absolute atomic E-state index is 14.2. The molecule has 0 fully saturated rings. The molecule has 3 rings (SSSR count). The first-order chi connectivity index (χ1) is 15.6. The van der Waals surface area contributed by atoms with Gasteiger partial charge in [-0.15, -0.1) is 0 Å². The second-order valence-corrected chi connectivity index (χ2v) is 6.64. The zero-order chi connectivity index (χ0) is 22.8. The van der Waals surface area contributed by atoms with Crippen molar-refractivity contribution >= 4 is 17.6 Å². The van der Waals surface area contributed by atoms with Gasteiger partial charge in [0.1, 0.15) is 23.7 Å². The number of hydrogen-bond acceptors (Lipinski definition) is 5. The van der Waals surface area contributed by atoms with Crippen LogP contribution in [0.4, 0.5) is 4.39 Å². The van der Waals surface area contributed by atoms with E-state index >= 15 is 0 Å². The number of carbonyl (C=O) groups is 1. The maximum atomic E-state index is 14.2. The van der Waals surface area contributed by atoms with E-state index in [0.717, 1.165) is 5.56 Å². The fourth-order valence-corrected chi connectivity index (χ4v) is 2.97. The molecule has 5 nitrogen and oxygen atoms in total. The molecule has 0 saturated carbocycles. The van der Waals surface area contributed by atoms with Crippen molar-refractivity contribution in [3.63, 3.8) is 0 Å². The summed E-state index contributed by atoms with van der Waals surface area (Å²) >= 11 is 0. The molecule has 164 valence electrons. The topological polar surface area (TPSA) is 54.0 Å². The molecule has 0 saturated heterocycles. The van der Waals surface area contributed by atoms with Crippen molar-refractivity contribution in [2.24, 2.45) is 0 Å². The summed E-state index contributed by atoms with van der Waals surface area (Å²) in [5, 5.41) is 0. The highest BCUT2D eigenvalue weighted by molar-refractivity contribution is 6.16. The van der Waals surface area contributed by atoms with Gasteiger partial charge in [0.05, 0.1) is 20.5 Å². The van der Waals surface area contributed by atoms with Crippen LogP contribution in [0.3, 0.4) is 0 Å². The quantitative estimate of drug-likeness (QED) is 0.243. The van der Waals surface area contributed by atoms with Gasteiger partial charge in [-0.1, -0.05) is 60.7 Å². The summed E-state index contributed by atoms with van der Waals surface area (Å²) in [6, 6.07) is 22.3. The molecule has 0 radical (unpaired) electrons. The van der Waals surface area contributed by atoms with Gasteiger partial charge in [0.2, 0.25) is 0 Å². The minimum atomic E-state index is -0.730. The van der Waals surface area contributed by atoms with E-state index in [1.54, 1.807) is 42.5 Å². The predicted octanol–water partition coefficient (Wildman–Crippen LogP) is 5.77. The zero-order valence-corrected chi connectivity index (χ0v) is 17.8. The van der Waals surface area contributed by atoms with Crippen LogP contribution in [0.1, 0.15) is 16.7 Å². The van der Waals surface area contributed by atoms with Gasteiger partial charge in [-0.3, -0.25) is 0 Å². The average molecular weight is 434 g/mol. The van der Waals surface area contributed by atoms with Crippen molar-refractivity contribution in [3.8, 4) is 11.5 Å². The van der Waals surface area contributed by atoms with Gasteiger partial charge in [0.15, 0.2) is 0 Å². The van der Waals surface area contributed by atoms with Crippen molar-refractivity contribution in [1.29, 1.82) is 0 Å². The van der Waals surface area contributed by atoms with E-state index in [2.05, 4.69) is 0 Å². The minimum Gasteiger partial charge on any atom is -0.503 e. The smallest absolute Gasteiger partial charge is 0.341 e. The number of benzene rings is 3. The third kappa shape index (κ3) is 6.22. The first-order valence-corrected chi connectivity index (χ1v) is 9.83. The molecule has 0 aliphatic rings. The van der Waals surface area contributed by atoms with Crippen molar-refractivity contribution in [2.45, 2.75) is 6.61 Å². The van der Waals surface area contributed by atoms with Crippen LogP contribution in [-0.2, 0) is 20.9 Å². The predicted molar refractivity (Wildman–Crippen MR) is 120 cm³/mol. The normalized spacial score (nSPS) is 11.6. The van der Waals surface area contributed by atoms with Crippen LogP contribution in [0, 0.1) is 0 Å². The van der Waals surface area contributed by atoms with E-state index in [-0.39, 0.29) is 12.2 Å². The molecule has 6 heteroatoms. The molecule has 0 bridgehead atoms. The van der Waals surface area contributed by atoms with E-state index in [1.807, 2.05) is 36.4 Å². The molecule has 0 heterocycles. The Bertz CT molecular complexity index is 1110. The highest BCUT2D eigenvalue weighted by atomic mass is 19.1. The van der Waals surface area contributed by atoms with Gasteiger partial charge in [0, 0.05) is 12.1 Å². The molecule has 0 spiro atoms. The number of ether oxygens (including phenoxy) is 4. The Labute approximate surface area is 186 Å².